The maximum Gasteiger partial charge on any atom is 0.315 e. The molecule has 7 heteroatoms. The third kappa shape index (κ3) is 6.99. The zero-order valence-electron chi connectivity index (χ0n) is 17.6. The van der Waals surface area contributed by atoms with Crippen LogP contribution in [-0.2, 0) is 19.4 Å². The van der Waals surface area contributed by atoms with Gasteiger partial charge in [0, 0.05) is 25.2 Å². The molecule has 1 aromatic heterocycles. The van der Waals surface area contributed by atoms with Crippen LogP contribution < -0.4 is 16.2 Å². The number of H-pyrrole nitrogens is 1. The van der Waals surface area contributed by atoms with E-state index in [2.05, 4.69) is 20.6 Å². The summed E-state index contributed by atoms with van der Waals surface area (Å²) in [5.74, 6) is 0.200. The van der Waals surface area contributed by atoms with Crippen LogP contribution in [0.1, 0.15) is 41.1 Å². The fraction of sp³-hybridized carbons (Fsp3) is 0.292. The van der Waals surface area contributed by atoms with Gasteiger partial charge in [-0.25, -0.2) is 4.79 Å². The van der Waals surface area contributed by atoms with Gasteiger partial charge in [0.25, 0.3) is 5.56 Å². The van der Waals surface area contributed by atoms with Crippen molar-refractivity contribution in [2.75, 3.05) is 6.54 Å². The average Bonchev–Trinajstić information content (AvgIpc) is 2.77. The molecule has 0 fully saturated rings. The number of carbonyl (C=O) groups is 1. The lowest BCUT2D eigenvalue weighted by atomic mass is 10.1. The zero-order valence-corrected chi connectivity index (χ0v) is 17.6. The quantitative estimate of drug-likeness (QED) is 0.399. The molecular weight excluding hydrogens is 392 g/mol. The number of nitrogens with zero attached hydrogens (tertiary/aromatic N) is 1. The Labute approximate surface area is 181 Å². The van der Waals surface area contributed by atoms with Gasteiger partial charge in [-0.05, 0) is 49.4 Å². The zero-order chi connectivity index (χ0) is 22.1. The van der Waals surface area contributed by atoms with Crippen LogP contribution in [0.25, 0.3) is 0 Å². The number of amides is 2. The number of benzene rings is 2. The fourth-order valence-corrected chi connectivity index (χ4v) is 3.26. The van der Waals surface area contributed by atoms with Gasteiger partial charge in [-0.2, -0.15) is 0 Å². The molecule has 0 aliphatic rings. The summed E-state index contributed by atoms with van der Waals surface area (Å²) < 4.78 is 0. The van der Waals surface area contributed by atoms with E-state index in [1.165, 1.54) is 0 Å². The highest BCUT2D eigenvalue weighted by Crippen LogP contribution is 2.10. The summed E-state index contributed by atoms with van der Waals surface area (Å²) >= 11 is 0. The molecule has 31 heavy (non-hydrogen) atoms. The average molecular weight is 421 g/mol. The maximum atomic E-state index is 12.4. The maximum absolute atomic E-state index is 12.4. The number of aromatic hydroxyl groups is 1. The van der Waals surface area contributed by atoms with Crippen LogP contribution in [0.2, 0.25) is 0 Å². The molecule has 4 N–H and O–H groups in total. The first-order chi connectivity index (χ1) is 15.0. The number of urea groups is 1. The molecular formula is C24H28N4O3. The number of phenols is 1. The van der Waals surface area contributed by atoms with Crippen molar-refractivity contribution in [1.29, 1.82) is 0 Å². The molecule has 2 amide bonds. The van der Waals surface area contributed by atoms with Crippen LogP contribution in [0, 0.1) is 6.92 Å². The van der Waals surface area contributed by atoms with Gasteiger partial charge in [-0.15, -0.1) is 0 Å². The third-order valence-corrected chi connectivity index (χ3v) is 5.01. The van der Waals surface area contributed by atoms with Crippen molar-refractivity contribution in [3.05, 3.63) is 93.2 Å². The van der Waals surface area contributed by atoms with Crippen molar-refractivity contribution in [2.24, 2.45) is 0 Å². The second-order valence-corrected chi connectivity index (χ2v) is 7.47. The van der Waals surface area contributed by atoms with E-state index in [-0.39, 0.29) is 17.3 Å². The summed E-state index contributed by atoms with van der Waals surface area (Å²) in [7, 11) is 0. The molecule has 2 aromatic carbocycles. The molecule has 3 rings (SSSR count). The third-order valence-electron chi connectivity index (χ3n) is 5.01. The number of phenolic OH excluding ortho intramolecular Hbond substituents is 1. The highest BCUT2D eigenvalue weighted by Gasteiger charge is 2.08. The van der Waals surface area contributed by atoms with Crippen molar-refractivity contribution in [3.63, 3.8) is 0 Å². The monoisotopic (exact) mass is 420 g/mol. The normalized spacial score (nSPS) is 10.6. The number of rotatable bonds is 9. The van der Waals surface area contributed by atoms with Crippen molar-refractivity contribution in [3.8, 4) is 5.75 Å². The number of aromatic amines is 1. The molecule has 0 atom stereocenters. The van der Waals surface area contributed by atoms with Crippen molar-refractivity contribution < 1.29 is 9.90 Å². The van der Waals surface area contributed by atoms with Gasteiger partial charge >= 0.3 is 6.03 Å². The first-order valence-electron chi connectivity index (χ1n) is 10.4. The van der Waals surface area contributed by atoms with Gasteiger partial charge in [0.05, 0.1) is 5.69 Å². The molecule has 1 heterocycles. The second-order valence-electron chi connectivity index (χ2n) is 7.47. The van der Waals surface area contributed by atoms with E-state index < -0.39 is 0 Å². The van der Waals surface area contributed by atoms with E-state index >= 15 is 0 Å². The van der Waals surface area contributed by atoms with Gasteiger partial charge in [0.2, 0.25) is 0 Å². The molecule has 7 nitrogen and oxygen atoms in total. The molecule has 0 unspecified atom stereocenters. The van der Waals surface area contributed by atoms with E-state index in [0.29, 0.717) is 31.6 Å². The lowest BCUT2D eigenvalue weighted by molar-refractivity contribution is 0.240. The SMILES string of the molecule is Cc1nc(Cc2ccccc2)c(=O)[nH]c1CCCCNC(=O)NCc1ccc(O)cc1. The molecule has 0 aliphatic carbocycles. The minimum absolute atomic E-state index is 0.142. The number of carbonyl (C=O) groups excluding carboxylic acids is 1. The van der Waals surface area contributed by atoms with Crippen LogP contribution >= 0.6 is 0 Å². The minimum atomic E-state index is -0.232. The summed E-state index contributed by atoms with van der Waals surface area (Å²) in [5.41, 5.74) is 4.04. The Balaban J connectivity index is 1.39. The number of hydrogen-bond acceptors (Lipinski definition) is 4. The Kier molecular flexibility index (Phi) is 7.81. The fourth-order valence-electron chi connectivity index (χ4n) is 3.26. The van der Waals surface area contributed by atoms with Crippen LogP contribution in [-0.4, -0.2) is 27.7 Å². The predicted octanol–water partition coefficient (Wildman–Crippen LogP) is 3.20. The number of aryl methyl sites for hydroxylation is 2. The Morgan fingerprint density at radius 3 is 2.48 bits per heavy atom. The van der Waals surface area contributed by atoms with E-state index in [9.17, 15) is 14.7 Å². The molecule has 0 saturated heterocycles. The van der Waals surface area contributed by atoms with Gasteiger partial charge in [-0.1, -0.05) is 42.5 Å². The van der Waals surface area contributed by atoms with Gasteiger partial charge < -0.3 is 20.7 Å². The first kappa shape index (κ1) is 22.1. The molecule has 0 aliphatic heterocycles. The predicted molar refractivity (Wildman–Crippen MR) is 120 cm³/mol. The van der Waals surface area contributed by atoms with Crippen LogP contribution in [0.5, 0.6) is 5.75 Å². The van der Waals surface area contributed by atoms with E-state index in [1.807, 2.05) is 37.3 Å². The highest BCUT2D eigenvalue weighted by molar-refractivity contribution is 5.73. The lowest BCUT2D eigenvalue weighted by Gasteiger charge is -2.09. The standard InChI is InChI=1S/C24H28N4O3/c1-17-21(28-23(30)22(27-17)15-18-7-3-2-4-8-18)9-5-6-14-25-24(31)26-16-19-10-12-20(29)13-11-19/h2-4,7-8,10-13,29H,5-6,9,14-16H2,1H3,(H,28,30)(H2,25,26,31). The molecule has 0 saturated carbocycles. The van der Waals surface area contributed by atoms with Crippen molar-refractivity contribution in [2.45, 2.75) is 39.2 Å². The second kappa shape index (κ2) is 11.0. The first-order valence-corrected chi connectivity index (χ1v) is 10.4. The minimum Gasteiger partial charge on any atom is -0.508 e. The number of unbranched alkanes of at least 4 members (excludes halogenated alkanes) is 1. The number of nitrogens with one attached hydrogen (secondary N) is 3. The van der Waals surface area contributed by atoms with E-state index in [4.69, 9.17) is 0 Å². The summed E-state index contributed by atoms with van der Waals surface area (Å²) in [4.78, 5) is 31.7. The Morgan fingerprint density at radius 2 is 1.74 bits per heavy atom. The van der Waals surface area contributed by atoms with Gasteiger partial charge in [0.15, 0.2) is 0 Å². The summed E-state index contributed by atoms with van der Waals surface area (Å²) in [6.07, 6.45) is 2.84. The smallest absolute Gasteiger partial charge is 0.315 e. The van der Waals surface area contributed by atoms with Gasteiger partial charge in [-0.3, -0.25) is 9.78 Å². The molecule has 3 aromatic rings. The Bertz CT molecular complexity index is 1050. The molecule has 0 spiro atoms. The summed E-state index contributed by atoms with van der Waals surface area (Å²) in [6.45, 7) is 2.85. The van der Waals surface area contributed by atoms with Crippen LogP contribution in [0.15, 0.2) is 59.4 Å². The topological polar surface area (TPSA) is 107 Å². The number of aromatic nitrogens is 2. The summed E-state index contributed by atoms with van der Waals surface area (Å²) in [6, 6.07) is 16.3. The van der Waals surface area contributed by atoms with Crippen molar-refractivity contribution in [1.82, 2.24) is 20.6 Å². The largest absolute Gasteiger partial charge is 0.508 e. The summed E-state index contributed by atoms with van der Waals surface area (Å²) in [5, 5.41) is 14.9. The number of hydrogen-bond donors (Lipinski definition) is 4. The van der Waals surface area contributed by atoms with E-state index in [1.54, 1.807) is 24.3 Å². The van der Waals surface area contributed by atoms with Crippen LogP contribution in [0.3, 0.4) is 0 Å². The Morgan fingerprint density at radius 1 is 1.00 bits per heavy atom. The lowest BCUT2D eigenvalue weighted by Crippen LogP contribution is -2.35. The molecule has 162 valence electrons. The molecule has 0 radical (unpaired) electrons. The Hall–Kier alpha value is -3.61. The molecule has 0 bridgehead atoms. The van der Waals surface area contributed by atoms with Crippen molar-refractivity contribution >= 4 is 6.03 Å². The van der Waals surface area contributed by atoms with Crippen LogP contribution in [0.4, 0.5) is 4.79 Å². The highest BCUT2D eigenvalue weighted by atomic mass is 16.3. The van der Waals surface area contributed by atoms with E-state index in [0.717, 1.165) is 35.4 Å². The van der Waals surface area contributed by atoms with Gasteiger partial charge in [0.1, 0.15) is 11.4 Å².